The molecule has 0 bridgehead atoms. The van der Waals surface area contributed by atoms with Crippen LogP contribution in [-0.2, 0) is 44.6 Å². The van der Waals surface area contributed by atoms with Crippen LogP contribution in [0.25, 0.3) is 0 Å². The minimum Gasteiger partial charge on any atom is -0.461 e. The van der Waals surface area contributed by atoms with Crippen molar-refractivity contribution in [2.24, 2.45) is 5.16 Å². The normalized spacial score (nSPS) is 15.2. The lowest BCUT2D eigenvalue weighted by Crippen LogP contribution is -2.71. The number of anilines is 1. The first kappa shape index (κ1) is 55.5. The van der Waals surface area contributed by atoms with Crippen LogP contribution in [0.5, 0.6) is 0 Å². The molecule has 414 valence electrons. The molecule has 2 aliphatic heterocycles. The van der Waals surface area contributed by atoms with Crippen molar-refractivity contribution in [3.63, 3.8) is 0 Å². The van der Waals surface area contributed by atoms with Crippen molar-refractivity contribution in [3.05, 3.63) is 310 Å². The minimum atomic E-state index is -1.11. The average molecular weight is 1140 g/mol. The molecule has 0 spiro atoms. The molecule has 3 N–H and O–H groups in total. The number of thioether (sulfide) groups is 1. The highest BCUT2D eigenvalue weighted by Crippen LogP contribution is 2.44. The van der Waals surface area contributed by atoms with Gasteiger partial charge in [0.2, 0.25) is 0 Å². The fraction of sp³-hybridized carbons (Fsp3) is 0.147. The zero-order valence-corrected chi connectivity index (χ0v) is 46.9. The summed E-state index contributed by atoms with van der Waals surface area (Å²) in [4.78, 5) is 69.1. The number of oxime groups is 1. The zero-order chi connectivity index (χ0) is 57.0. The summed E-state index contributed by atoms with van der Waals surface area (Å²) >= 11 is 2.61. The van der Waals surface area contributed by atoms with Gasteiger partial charge in [0.25, 0.3) is 11.8 Å². The van der Waals surface area contributed by atoms with Crippen LogP contribution in [0.3, 0.4) is 0 Å². The fourth-order valence-corrected chi connectivity index (χ4v) is 12.9. The molecule has 8 aromatic carbocycles. The number of amides is 2. The number of β-lactam (4-membered cyclic amide) rings is 1. The standard InChI is InChI=1S/C68H58N6O7S2/c1-47(75)79-44-50-45-82-64-59(63(77)74(64)60(50)65(78)81-61(48-26-10-2-11-27-48)49-28-12-3-13-29-49)71-62(76)58(73-80-43-42-69-67(51-30-14-4-15-31-51,52-32-16-5-17-33-52)53-34-18-6-19-35-53)57-46-83-66(70-57)72-68(54-36-20-7-21-37-54,55-38-22-8-23-39-55)56-40-24-9-25-41-56/h2-41,46,59,61,64,69H,42-45H2,1H3,(H,70,72)(H,71,76)/t59?,64-/m1/s1. The van der Waals surface area contributed by atoms with E-state index in [0.717, 1.165) is 44.5 Å². The average Bonchev–Trinajstić information content (AvgIpc) is 3.77. The zero-order valence-electron chi connectivity index (χ0n) is 45.2. The van der Waals surface area contributed by atoms with E-state index >= 15 is 4.79 Å². The molecular weight excluding hydrogens is 1080 g/mol. The van der Waals surface area contributed by atoms with Crippen molar-refractivity contribution >= 4 is 57.7 Å². The van der Waals surface area contributed by atoms with E-state index in [2.05, 4.69) is 93.9 Å². The first-order valence-electron chi connectivity index (χ1n) is 27.2. The predicted molar refractivity (Wildman–Crippen MR) is 324 cm³/mol. The lowest BCUT2D eigenvalue weighted by molar-refractivity contribution is -0.154. The summed E-state index contributed by atoms with van der Waals surface area (Å²) in [6.45, 7) is 1.33. The van der Waals surface area contributed by atoms with Gasteiger partial charge in [0.1, 0.15) is 41.6 Å². The molecule has 3 heterocycles. The molecule has 2 aliphatic rings. The van der Waals surface area contributed by atoms with Crippen LogP contribution < -0.4 is 16.0 Å². The molecule has 13 nitrogen and oxygen atoms in total. The quantitative estimate of drug-likeness (QED) is 0.0148. The van der Waals surface area contributed by atoms with Gasteiger partial charge in [0.15, 0.2) is 16.9 Å². The van der Waals surface area contributed by atoms with E-state index in [1.807, 2.05) is 170 Å². The summed E-state index contributed by atoms with van der Waals surface area (Å²) in [6, 6.07) is 78.4. The highest BCUT2D eigenvalue weighted by atomic mass is 32.2. The third-order valence-corrected chi connectivity index (χ3v) is 16.7. The van der Waals surface area contributed by atoms with Crippen molar-refractivity contribution in [1.82, 2.24) is 20.5 Å². The summed E-state index contributed by atoms with van der Waals surface area (Å²) < 4.78 is 11.7. The number of benzene rings is 8. The van der Waals surface area contributed by atoms with Gasteiger partial charge in [-0.2, -0.15) is 0 Å². The van der Waals surface area contributed by atoms with Crippen LogP contribution >= 0.6 is 23.1 Å². The third-order valence-electron chi connectivity index (χ3n) is 14.6. The number of hydrogen-bond acceptors (Lipinski definition) is 13. The number of ether oxygens (including phenoxy) is 2. The second-order valence-corrected chi connectivity index (χ2v) is 21.7. The number of carbonyl (C=O) groups excluding carboxylic acids is 4. The van der Waals surface area contributed by atoms with E-state index in [1.54, 1.807) is 5.38 Å². The van der Waals surface area contributed by atoms with Crippen LogP contribution in [0.1, 0.15) is 63.2 Å². The number of nitrogens with one attached hydrogen (secondary N) is 3. The second-order valence-electron chi connectivity index (χ2n) is 19.8. The summed E-state index contributed by atoms with van der Waals surface area (Å²) in [5.41, 5.74) is 5.97. The van der Waals surface area contributed by atoms with Crippen LogP contribution in [-0.4, -0.2) is 76.3 Å². The van der Waals surface area contributed by atoms with Crippen molar-refractivity contribution in [1.29, 1.82) is 0 Å². The molecule has 1 aromatic heterocycles. The number of carbonyl (C=O) groups is 4. The molecule has 1 fully saturated rings. The van der Waals surface area contributed by atoms with Gasteiger partial charge in [-0.3, -0.25) is 24.6 Å². The lowest BCUT2D eigenvalue weighted by atomic mass is 9.77. The predicted octanol–water partition coefficient (Wildman–Crippen LogP) is 11.4. The van der Waals surface area contributed by atoms with Crippen LogP contribution in [0.2, 0.25) is 0 Å². The van der Waals surface area contributed by atoms with Crippen molar-refractivity contribution in [2.75, 3.05) is 30.8 Å². The Labute approximate surface area is 490 Å². The molecule has 1 saturated heterocycles. The van der Waals surface area contributed by atoms with Gasteiger partial charge in [0.05, 0.1) is 5.54 Å². The summed E-state index contributed by atoms with van der Waals surface area (Å²) in [5.74, 6) is -2.44. The molecule has 0 aliphatic carbocycles. The fourth-order valence-electron chi connectivity index (χ4n) is 10.8. The molecule has 2 atom stereocenters. The molecule has 2 amide bonds. The minimum absolute atomic E-state index is 0.0162. The third kappa shape index (κ3) is 11.7. The second kappa shape index (κ2) is 25.6. The Hall–Kier alpha value is -9.41. The van der Waals surface area contributed by atoms with E-state index < -0.39 is 52.4 Å². The number of esters is 2. The highest BCUT2D eigenvalue weighted by Gasteiger charge is 2.55. The van der Waals surface area contributed by atoms with Gasteiger partial charge in [-0.1, -0.05) is 248 Å². The van der Waals surface area contributed by atoms with Crippen molar-refractivity contribution < 1.29 is 33.5 Å². The molecule has 15 heteroatoms. The summed E-state index contributed by atoms with van der Waals surface area (Å²) in [5, 5.41) is 16.6. The van der Waals surface area contributed by atoms with Crippen LogP contribution in [0.15, 0.2) is 264 Å². The number of thiazole rings is 1. The Morgan fingerprint density at radius 2 is 1.06 bits per heavy atom. The Balaban J connectivity index is 0.914. The van der Waals surface area contributed by atoms with E-state index in [-0.39, 0.29) is 42.6 Å². The molecule has 0 radical (unpaired) electrons. The molecule has 11 rings (SSSR count). The van der Waals surface area contributed by atoms with E-state index in [9.17, 15) is 14.4 Å². The molecule has 0 saturated carbocycles. The SMILES string of the molecule is CC(=O)OCC1=C(C(=O)OC(c2ccccc2)c2ccccc2)N2C(=O)C(NC(=O)C(=NOCCNC(c3ccccc3)(c3ccccc3)c3ccccc3)c3csc(NC(c4ccccc4)(c4ccccc4)c4ccccc4)n3)[C@H]2SC1. The number of fused-ring (bicyclic) bond motifs is 1. The number of aromatic nitrogens is 1. The number of nitrogens with zero attached hydrogens (tertiary/aromatic N) is 3. The molecule has 83 heavy (non-hydrogen) atoms. The van der Waals surface area contributed by atoms with Gasteiger partial charge in [-0.05, 0) is 44.5 Å². The maximum absolute atomic E-state index is 15.1. The van der Waals surface area contributed by atoms with Crippen LogP contribution in [0, 0.1) is 0 Å². The lowest BCUT2D eigenvalue weighted by Gasteiger charge is -2.49. The Morgan fingerprint density at radius 1 is 0.627 bits per heavy atom. The first-order chi connectivity index (χ1) is 40.7. The number of rotatable bonds is 22. The van der Waals surface area contributed by atoms with Gasteiger partial charge in [0, 0.05) is 30.2 Å². The summed E-state index contributed by atoms with van der Waals surface area (Å²) in [6.07, 6.45) is -0.830. The molecular formula is C68H58N6O7S2. The van der Waals surface area contributed by atoms with Gasteiger partial charge in [-0.15, -0.1) is 23.1 Å². The largest absolute Gasteiger partial charge is 0.461 e. The highest BCUT2D eigenvalue weighted by molar-refractivity contribution is 8.00. The van der Waals surface area contributed by atoms with Crippen LogP contribution in [0.4, 0.5) is 5.13 Å². The van der Waals surface area contributed by atoms with E-state index in [0.29, 0.717) is 10.7 Å². The molecule has 1 unspecified atom stereocenters. The summed E-state index contributed by atoms with van der Waals surface area (Å²) in [7, 11) is 0. The van der Waals surface area contributed by atoms with Gasteiger partial charge >= 0.3 is 11.9 Å². The Morgan fingerprint density at radius 3 is 1.51 bits per heavy atom. The van der Waals surface area contributed by atoms with Gasteiger partial charge in [-0.25, -0.2) is 9.78 Å². The monoisotopic (exact) mass is 1130 g/mol. The van der Waals surface area contributed by atoms with E-state index in [4.69, 9.17) is 19.3 Å². The Bertz CT molecular complexity index is 3500. The van der Waals surface area contributed by atoms with Crippen molar-refractivity contribution in [2.45, 2.75) is 35.5 Å². The first-order valence-corrected chi connectivity index (χ1v) is 29.1. The smallest absolute Gasteiger partial charge is 0.356 e. The Kier molecular flexibility index (Phi) is 17.1. The van der Waals surface area contributed by atoms with Gasteiger partial charge < -0.3 is 24.9 Å². The maximum atomic E-state index is 15.1. The van der Waals surface area contributed by atoms with Crippen molar-refractivity contribution in [3.8, 4) is 0 Å². The van der Waals surface area contributed by atoms with E-state index in [1.165, 1.54) is 34.9 Å². The number of hydrogen-bond donors (Lipinski definition) is 3. The maximum Gasteiger partial charge on any atom is 0.356 e. The molecule has 9 aromatic rings. The topological polar surface area (TPSA) is 161 Å².